The molecular formula is C31H16N2O7S2. The van der Waals surface area contributed by atoms with Crippen LogP contribution in [0.4, 0.5) is 5.69 Å². The van der Waals surface area contributed by atoms with E-state index in [0.717, 1.165) is 0 Å². The second-order valence-corrected chi connectivity index (χ2v) is 11.7. The van der Waals surface area contributed by atoms with E-state index in [9.17, 15) is 34.5 Å². The van der Waals surface area contributed by atoms with Gasteiger partial charge in [-0.2, -0.15) is 4.98 Å². The predicted molar refractivity (Wildman–Crippen MR) is 156 cm³/mol. The Kier molecular flexibility index (Phi) is 5.75. The molecule has 7 rings (SSSR count). The first kappa shape index (κ1) is 25.7. The average molecular weight is 593 g/mol. The lowest BCUT2D eigenvalue weighted by atomic mass is 10.0. The zero-order valence-corrected chi connectivity index (χ0v) is 22.8. The lowest BCUT2D eigenvalue weighted by Crippen LogP contribution is -2.12. The highest BCUT2D eigenvalue weighted by atomic mass is 32.2. The number of allylic oxidation sites excluding steroid dienone is 3. The summed E-state index contributed by atoms with van der Waals surface area (Å²) in [5.41, 5.74) is 0.973. The van der Waals surface area contributed by atoms with Crippen LogP contribution in [0, 0.1) is 0 Å². The summed E-state index contributed by atoms with van der Waals surface area (Å²) in [5.74, 6) is -4.75. The van der Waals surface area contributed by atoms with Crippen LogP contribution in [0.15, 0.2) is 93.6 Å². The molecule has 0 saturated carbocycles. The maximum absolute atomic E-state index is 13.3. The molecule has 0 amide bonds. The summed E-state index contributed by atoms with van der Waals surface area (Å²) in [5, 5.41) is 39.1. The summed E-state index contributed by atoms with van der Waals surface area (Å²) in [7, 11) is 0. The van der Waals surface area contributed by atoms with Gasteiger partial charge in [0.2, 0.25) is 17.1 Å². The smallest absolute Gasteiger partial charge is 0.336 e. The largest absolute Gasteiger partial charge is 0.871 e. The topological polar surface area (TPSA) is 158 Å². The Morgan fingerprint density at radius 1 is 0.833 bits per heavy atom. The molecule has 5 aromatic rings. The molecule has 11 heteroatoms. The number of hydrogen-bond acceptors (Lipinski definition) is 8. The zero-order valence-electron chi connectivity index (χ0n) is 21.2. The van der Waals surface area contributed by atoms with Gasteiger partial charge in [0.1, 0.15) is 4.70 Å². The number of ketones is 2. The van der Waals surface area contributed by atoms with Gasteiger partial charge < -0.3 is 20.6 Å². The molecule has 1 aliphatic heterocycles. The van der Waals surface area contributed by atoms with Gasteiger partial charge in [0.05, 0.1) is 27.2 Å². The molecular weight excluding hydrogens is 576 g/mol. The summed E-state index contributed by atoms with van der Waals surface area (Å²) in [4.78, 5) is 53.3. The van der Waals surface area contributed by atoms with Crippen LogP contribution in [0.2, 0.25) is 0 Å². The van der Waals surface area contributed by atoms with Crippen molar-refractivity contribution in [2.24, 2.45) is 0 Å². The van der Waals surface area contributed by atoms with Gasteiger partial charge in [-0.3, -0.25) is 9.59 Å². The minimum absolute atomic E-state index is 0.129. The highest BCUT2D eigenvalue weighted by Gasteiger charge is 2.33. The molecule has 1 aliphatic carbocycles. The summed E-state index contributed by atoms with van der Waals surface area (Å²) in [6.45, 7) is 0. The van der Waals surface area contributed by atoms with Crippen molar-refractivity contribution in [2.75, 3.05) is 5.32 Å². The van der Waals surface area contributed by atoms with Gasteiger partial charge in [-0.25, -0.2) is 9.59 Å². The number of fused-ring (bicyclic) bond motifs is 6. The number of aromatic amines is 1. The van der Waals surface area contributed by atoms with Crippen molar-refractivity contribution in [3.63, 3.8) is 0 Å². The number of rotatable bonds is 4. The molecule has 4 aromatic carbocycles. The number of anilines is 1. The van der Waals surface area contributed by atoms with Crippen LogP contribution in [-0.2, 0) is 9.59 Å². The molecule has 204 valence electrons. The normalized spacial score (nSPS) is 16.8. The quantitative estimate of drug-likeness (QED) is 0.200. The molecule has 0 spiro atoms. The fourth-order valence-corrected chi connectivity index (χ4v) is 7.27. The van der Waals surface area contributed by atoms with Crippen LogP contribution < -0.4 is 15.4 Å². The summed E-state index contributed by atoms with van der Waals surface area (Å²) >= 11 is 2.33. The van der Waals surface area contributed by atoms with Gasteiger partial charge in [0.15, 0.2) is 0 Å². The highest BCUT2D eigenvalue weighted by molar-refractivity contribution is 8.03. The van der Waals surface area contributed by atoms with Gasteiger partial charge in [-0.1, -0.05) is 71.3 Å². The van der Waals surface area contributed by atoms with E-state index < -0.39 is 29.3 Å². The Morgan fingerprint density at radius 3 is 2.14 bits per heavy atom. The van der Waals surface area contributed by atoms with E-state index in [2.05, 4.69) is 10.3 Å². The number of carbonyl (C=O) groups excluding carboxylic acids is 2. The number of hydrogen-bond donors (Lipinski definition) is 3. The molecule has 0 saturated heterocycles. The first-order chi connectivity index (χ1) is 20.2. The van der Waals surface area contributed by atoms with Gasteiger partial charge in [-0.15, -0.1) is 0 Å². The summed E-state index contributed by atoms with van der Waals surface area (Å²) in [6.07, 6.45) is 2.65. The summed E-state index contributed by atoms with van der Waals surface area (Å²) in [6, 6.07) is 17.1. The Bertz CT molecular complexity index is 2210. The number of thioether (sulfide) groups is 1. The van der Waals surface area contributed by atoms with Crippen molar-refractivity contribution in [1.29, 1.82) is 0 Å². The van der Waals surface area contributed by atoms with Gasteiger partial charge >= 0.3 is 11.9 Å². The number of thiazole rings is 1. The summed E-state index contributed by atoms with van der Waals surface area (Å²) < 4.78 is 0.616. The monoisotopic (exact) mass is 592 g/mol. The molecule has 0 radical (unpaired) electrons. The maximum Gasteiger partial charge on any atom is 0.336 e. The Morgan fingerprint density at radius 2 is 1.45 bits per heavy atom. The first-order valence-corrected chi connectivity index (χ1v) is 14.1. The highest BCUT2D eigenvalue weighted by Crippen LogP contribution is 2.47. The van der Waals surface area contributed by atoms with Crippen molar-refractivity contribution in [3.05, 3.63) is 105 Å². The average Bonchev–Trinajstić information content (AvgIpc) is 3.64. The number of aromatic carboxylic acids is 2. The SMILES string of the molecule is O=C1C(=O)/C(=C\c2[nH+]c3c(cc(C(=O)O)c4ccccc43)s2)C([O-])=C1/C=C1/Nc2c(cc(C(=O)O)c3ccccc23)S1. The van der Waals surface area contributed by atoms with Crippen LogP contribution in [-0.4, -0.2) is 33.7 Å². The Labute approximate surface area is 244 Å². The molecule has 4 N–H and O–H groups in total. The number of carboxylic acids is 2. The second kappa shape index (κ2) is 9.40. The van der Waals surface area contributed by atoms with Crippen molar-refractivity contribution in [1.82, 2.24) is 0 Å². The lowest BCUT2D eigenvalue weighted by Gasteiger charge is -2.09. The van der Waals surface area contributed by atoms with Crippen molar-refractivity contribution >= 4 is 90.1 Å². The van der Waals surface area contributed by atoms with E-state index >= 15 is 0 Å². The first-order valence-electron chi connectivity index (χ1n) is 12.5. The van der Waals surface area contributed by atoms with Crippen molar-refractivity contribution in [3.8, 4) is 0 Å². The molecule has 2 heterocycles. The van der Waals surface area contributed by atoms with Gasteiger partial charge in [0.25, 0.3) is 5.01 Å². The Hall–Kier alpha value is -5.26. The maximum atomic E-state index is 13.3. The third-order valence-corrected chi connectivity index (χ3v) is 9.11. The molecule has 9 nitrogen and oxygen atoms in total. The van der Waals surface area contributed by atoms with Crippen LogP contribution in [0.1, 0.15) is 25.7 Å². The molecule has 1 aromatic heterocycles. The van der Waals surface area contributed by atoms with Crippen LogP contribution in [0.25, 0.3) is 37.8 Å². The molecule has 0 unspecified atom stereocenters. The number of carboxylic acid groups (broad SMARTS) is 2. The number of Topliss-reactive ketones (excluding diaryl/α,β-unsaturated/α-hetero) is 2. The van der Waals surface area contributed by atoms with Crippen molar-refractivity contribution in [2.45, 2.75) is 4.90 Å². The molecule has 2 aliphatic rings. The molecule has 0 fully saturated rings. The van der Waals surface area contributed by atoms with Crippen LogP contribution in [0.3, 0.4) is 0 Å². The van der Waals surface area contributed by atoms with E-state index in [4.69, 9.17) is 0 Å². The van der Waals surface area contributed by atoms with E-state index in [-0.39, 0.29) is 22.3 Å². The van der Waals surface area contributed by atoms with Crippen LogP contribution >= 0.6 is 23.1 Å². The fourth-order valence-electron chi connectivity index (χ4n) is 5.26. The molecule has 0 bridgehead atoms. The fraction of sp³-hybridized carbons (Fsp3) is 0. The van der Waals surface area contributed by atoms with E-state index in [1.54, 1.807) is 48.5 Å². The van der Waals surface area contributed by atoms with E-state index in [1.807, 2.05) is 0 Å². The lowest BCUT2D eigenvalue weighted by molar-refractivity contribution is -0.340. The molecule has 42 heavy (non-hydrogen) atoms. The molecule has 0 atom stereocenters. The van der Waals surface area contributed by atoms with Crippen LogP contribution in [0.5, 0.6) is 0 Å². The third kappa shape index (κ3) is 3.90. The van der Waals surface area contributed by atoms with E-state index in [1.165, 1.54) is 47.4 Å². The van der Waals surface area contributed by atoms with Gasteiger partial charge in [0, 0.05) is 32.9 Å². The number of nitrogens with one attached hydrogen (secondary N) is 2. The van der Waals surface area contributed by atoms with E-state index in [0.29, 0.717) is 52.4 Å². The number of aromatic nitrogens is 1. The number of carbonyl (C=O) groups is 4. The third-order valence-electron chi connectivity index (χ3n) is 7.15. The minimum Gasteiger partial charge on any atom is -0.871 e. The van der Waals surface area contributed by atoms with Crippen molar-refractivity contribution < 1.29 is 39.5 Å². The Balaban J connectivity index is 1.29. The number of benzene rings is 4. The minimum atomic E-state index is -1.08. The standard InChI is InChI=1S/C31H16N2O7S2/c34-27-19(11-23-32-25-15-7-3-1-5-13(15)17(30(37)38)9-21(25)41-23)28(35)29(36)20(27)12-24-33-26-16-8-4-2-6-14(16)18(31(39)40)10-22(26)42-24/h1-12,32,34H,(H,37,38)(H,39,40)/b20-12-,23-11-. The predicted octanol–water partition coefficient (Wildman–Crippen LogP) is 4.63. The second-order valence-electron chi connectivity index (χ2n) is 9.58. The zero-order chi connectivity index (χ0) is 29.3. The van der Waals surface area contributed by atoms with Gasteiger partial charge in [-0.05, 0) is 29.7 Å². The number of H-pyrrole nitrogens is 1.